The number of hydrogen-bond acceptors (Lipinski definition) is 4. The van der Waals surface area contributed by atoms with Gasteiger partial charge in [-0.3, -0.25) is 0 Å². The van der Waals surface area contributed by atoms with Crippen LogP contribution in [0.5, 0.6) is 0 Å². The van der Waals surface area contributed by atoms with Gasteiger partial charge in [0.2, 0.25) is 0 Å². The van der Waals surface area contributed by atoms with Gasteiger partial charge in [0.05, 0.1) is 5.69 Å². The van der Waals surface area contributed by atoms with Crippen LogP contribution in [0.15, 0.2) is 12.1 Å². The first-order chi connectivity index (χ1) is 9.40. The van der Waals surface area contributed by atoms with Crippen LogP contribution in [0.4, 0.5) is 5.82 Å². The molecule has 0 spiro atoms. The van der Waals surface area contributed by atoms with Crippen LogP contribution in [0.1, 0.15) is 44.2 Å². The second-order valence-electron chi connectivity index (χ2n) is 5.95. The summed E-state index contributed by atoms with van der Waals surface area (Å²) in [6.45, 7) is 2.30. The molecule has 0 radical (unpaired) electrons. The number of nitrogens with one attached hydrogen (secondary N) is 2. The van der Waals surface area contributed by atoms with Gasteiger partial charge in [-0.25, -0.2) is 0 Å². The van der Waals surface area contributed by atoms with Crippen molar-refractivity contribution in [1.82, 2.24) is 15.5 Å². The molecule has 2 N–H and O–H groups in total. The Morgan fingerprint density at radius 2 is 2.00 bits per heavy atom. The van der Waals surface area contributed by atoms with Crippen molar-refractivity contribution in [2.45, 2.75) is 51.0 Å². The summed E-state index contributed by atoms with van der Waals surface area (Å²) in [7, 11) is 0. The fraction of sp³-hybridized carbons (Fsp3) is 0.733. The van der Waals surface area contributed by atoms with Gasteiger partial charge in [-0.05, 0) is 63.2 Å². The number of nitrogens with zero attached hydrogens (tertiary/aromatic N) is 2. The average molecular weight is 260 g/mol. The molecule has 1 aliphatic heterocycles. The smallest absolute Gasteiger partial charge is 0.148 e. The predicted molar refractivity (Wildman–Crippen MR) is 77.2 cm³/mol. The van der Waals surface area contributed by atoms with Crippen molar-refractivity contribution in [1.29, 1.82) is 0 Å². The van der Waals surface area contributed by atoms with Crippen LogP contribution < -0.4 is 10.6 Å². The quantitative estimate of drug-likeness (QED) is 0.872. The molecule has 2 fully saturated rings. The van der Waals surface area contributed by atoms with Gasteiger partial charge in [-0.1, -0.05) is 12.8 Å². The van der Waals surface area contributed by atoms with E-state index in [4.69, 9.17) is 0 Å². The Bertz CT molecular complexity index is 378. The summed E-state index contributed by atoms with van der Waals surface area (Å²) in [5, 5.41) is 15.6. The lowest BCUT2D eigenvalue weighted by Gasteiger charge is -2.22. The Hall–Kier alpha value is -1.16. The van der Waals surface area contributed by atoms with Crippen LogP contribution in [-0.4, -0.2) is 29.3 Å². The number of rotatable bonds is 4. The van der Waals surface area contributed by atoms with Crippen LogP contribution >= 0.6 is 0 Å². The number of anilines is 1. The summed E-state index contributed by atoms with van der Waals surface area (Å²) in [5.41, 5.74) is 1.13. The zero-order valence-electron chi connectivity index (χ0n) is 11.6. The van der Waals surface area contributed by atoms with Gasteiger partial charge in [-0.2, -0.15) is 5.10 Å². The highest BCUT2D eigenvalue weighted by Gasteiger charge is 2.16. The van der Waals surface area contributed by atoms with E-state index in [2.05, 4.69) is 33.0 Å². The fourth-order valence-electron chi connectivity index (χ4n) is 3.22. The number of piperidine rings is 1. The molecule has 0 aromatic carbocycles. The molecule has 19 heavy (non-hydrogen) atoms. The van der Waals surface area contributed by atoms with E-state index in [1.807, 2.05) is 0 Å². The van der Waals surface area contributed by atoms with Gasteiger partial charge >= 0.3 is 0 Å². The second-order valence-corrected chi connectivity index (χ2v) is 5.95. The van der Waals surface area contributed by atoms with Gasteiger partial charge < -0.3 is 10.6 Å². The Balaban J connectivity index is 1.52. The van der Waals surface area contributed by atoms with Crippen molar-refractivity contribution >= 4 is 5.82 Å². The highest BCUT2D eigenvalue weighted by atomic mass is 15.2. The van der Waals surface area contributed by atoms with Crippen molar-refractivity contribution < 1.29 is 0 Å². The summed E-state index contributed by atoms with van der Waals surface area (Å²) in [5.74, 6) is 1.68. The van der Waals surface area contributed by atoms with Gasteiger partial charge in [-0.15, -0.1) is 5.10 Å². The van der Waals surface area contributed by atoms with E-state index in [-0.39, 0.29) is 0 Å². The van der Waals surface area contributed by atoms with Crippen LogP contribution in [-0.2, 0) is 6.42 Å². The van der Waals surface area contributed by atoms with Gasteiger partial charge in [0.25, 0.3) is 0 Å². The standard InChI is InChI=1S/C15H24N4/c1-2-6-13(5-1)17-15-8-7-14(18-19-15)10-12-4-3-9-16-11-12/h7-8,12-13,16H,1-6,9-11H2,(H,17,19)/t12-/m0/s1. The van der Waals surface area contributed by atoms with Crippen LogP contribution in [0.3, 0.4) is 0 Å². The number of hydrogen-bond donors (Lipinski definition) is 2. The Labute approximate surface area is 115 Å². The molecule has 1 aromatic heterocycles. The highest BCUT2D eigenvalue weighted by molar-refractivity contribution is 5.34. The summed E-state index contributed by atoms with van der Waals surface area (Å²) >= 11 is 0. The fourth-order valence-corrected chi connectivity index (χ4v) is 3.22. The largest absolute Gasteiger partial charge is 0.366 e. The molecule has 0 unspecified atom stereocenters. The lowest BCUT2D eigenvalue weighted by Crippen LogP contribution is -2.31. The molecule has 4 nitrogen and oxygen atoms in total. The third kappa shape index (κ3) is 3.66. The van der Waals surface area contributed by atoms with E-state index in [9.17, 15) is 0 Å². The van der Waals surface area contributed by atoms with Crippen molar-refractivity contribution in [3.05, 3.63) is 17.8 Å². The molecule has 1 atom stereocenters. The topological polar surface area (TPSA) is 49.8 Å². The molecule has 2 aliphatic rings. The monoisotopic (exact) mass is 260 g/mol. The molecule has 1 saturated heterocycles. The van der Waals surface area contributed by atoms with Gasteiger partial charge in [0.1, 0.15) is 5.82 Å². The Morgan fingerprint density at radius 1 is 1.11 bits per heavy atom. The molecule has 0 amide bonds. The van der Waals surface area contributed by atoms with E-state index < -0.39 is 0 Å². The molecule has 1 saturated carbocycles. The predicted octanol–water partition coefficient (Wildman–Crippen LogP) is 2.37. The van der Waals surface area contributed by atoms with E-state index in [1.165, 1.54) is 45.1 Å². The lowest BCUT2D eigenvalue weighted by molar-refractivity contribution is 0.373. The van der Waals surface area contributed by atoms with Crippen molar-refractivity contribution in [2.24, 2.45) is 5.92 Å². The third-order valence-electron chi connectivity index (χ3n) is 4.32. The Kier molecular flexibility index (Phi) is 4.28. The molecule has 1 aliphatic carbocycles. The maximum Gasteiger partial charge on any atom is 0.148 e. The third-order valence-corrected chi connectivity index (χ3v) is 4.32. The minimum Gasteiger partial charge on any atom is -0.366 e. The van der Waals surface area contributed by atoms with E-state index >= 15 is 0 Å². The maximum absolute atomic E-state index is 4.37. The molecule has 104 valence electrons. The Morgan fingerprint density at radius 3 is 2.68 bits per heavy atom. The van der Waals surface area contributed by atoms with E-state index in [1.54, 1.807) is 0 Å². The number of aromatic nitrogens is 2. The molecule has 3 rings (SSSR count). The van der Waals surface area contributed by atoms with Crippen LogP contribution in [0.25, 0.3) is 0 Å². The maximum atomic E-state index is 4.37. The summed E-state index contributed by atoms with van der Waals surface area (Å²) in [4.78, 5) is 0. The van der Waals surface area contributed by atoms with Crippen LogP contribution in [0, 0.1) is 5.92 Å². The SMILES string of the molecule is c1cc(NC2CCCC2)nnc1C[C@@H]1CCCNC1. The van der Waals surface area contributed by atoms with Crippen LogP contribution in [0.2, 0.25) is 0 Å². The lowest BCUT2D eigenvalue weighted by atomic mass is 9.95. The molecule has 0 bridgehead atoms. The van der Waals surface area contributed by atoms with E-state index in [0.717, 1.165) is 30.4 Å². The molecular weight excluding hydrogens is 236 g/mol. The van der Waals surface area contributed by atoms with Crippen molar-refractivity contribution in [3.8, 4) is 0 Å². The zero-order chi connectivity index (χ0) is 12.9. The zero-order valence-corrected chi connectivity index (χ0v) is 11.6. The van der Waals surface area contributed by atoms with Crippen molar-refractivity contribution in [3.63, 3.8) is 0 Å². The summed E-state index contributed by atoms with van der Waals surface area (Å²) in [6.07, 6.45) is 8.91. The minimum atomic E-state index is 0.614. The molecule has 1 aromatic rings. The molecule has 2 heterocycles. The van der Waals surface area contributed by atoms with E-state index in [0.29, 0.717) is 6.04 Å². The summed E-state index contributed by atoms with van der Waals surface area (Å²) < 4.78 is 0. The summed E-state index contributed by atoms with van der Waals surface area (Å²) in [6, 6.07) is 4.85. The first-order valence-electron chi connectivity index (χ1n) is 7.70. The van der Waals surface area contributed by atoms with Crippen molar-refractivity contribution in [2.75, 3.05) is 18.4 Å². The minimum absolute atomic E-state index is 0.614. The normalized spacial score (nSPS) is 24.5. The van der Waals surface area contributed by atoms with Gasteiger partial charge in [0.15, 0.2) is 0 Å². The molecule has 4 heteroatoms. The van der Waals surface area contributed by atoms with Gasteiger partial charge in [0, 0.05) is 6.04 Å². The highest BCUT2D eigenvalue weighted by Crippen LogP contribution is 2.21. The first-order valence-corrected chi connectivity index (χ1v) is 7.70. The second kappa shape index (κ2) is 6.33. The first kappa shape index (κ1) is 12.9. The average Bonchev–Trinajstić information content (AvgIpc) is 2.95. The molecular formula is C15H24N4.